The van der Waals surface area contributed by atoms with E-state index in [1.165, 1.54) is 0 Å². The molecule has 2 saturated heterocycles. The summed E-state index contributed by atoms with van der Waals surface area (Å²) in [5.41, 5.74) is 0.771. The number of carbonyl (C=O) groups excluding carboxylic acids is 3. The summed E-state index contributed by atoms with van der Waals surface area (Å²) < 4.78 is 4.80. The van der Waals surface area contributed by atoms with E-state index in [9.17, 15) is 19.5 Å². The summed E-state index contributed by atoms with van der Waals surface area (Å²) in [7, 11) is 0. The SMILES string of the molecule is CCCCCN1CC=C[C@]23S[C@@H]4C=CCN(c5ccc(OCC)cc5)C(=O)[C@@H]4[C@H]2C(=O)N(CCCCCO)C3C1=O. The quantitative estimate of drug-likeness (QED) is 0.296. The van der Waals surface area contributed by atoms with E-state index in [0.29, 0.717) is 45.6 Å². The Morgan fingerprint density at radius 3 is 2.44 bits per heavy atom. The van der Waals surface area contributed by atoms with Crippen molar-refractivity contribution < 1.29 is 24.2 Å². The van der Waals surface area contributed by atoms with E-state index in [1.54, 1.807) is 21.6 Å². The van der Waals surface area contributed by atoms with Gasteiger partial charge in [-0.2, -0.15) is 0 Å². The van der Waals surface area contributed by atoms with Crippen LogP contribution in [0.5, 0.6) is 5.75 Å². The number of rotatable bonds is 12. The molecule has 0 bridgehead atoms. The lowest BCUT2D eigenvalue weighted by molar-refractivity contribution is -0.142. The molecule has 0 radical (unpaired) electrons. The number of hydrogen-bond acceptors (Lipinski definition) is 6. The molecule has 1 aromatic carbocycles. The number of ether oxygens (including phenoxy) is 1. The predicted molar refractivity (Wildman–Crippen MR) is 162 cm³/mol. The molecule has 0 saturated carbocycles. The molecule has 8 nitrogen and oxygen atoms in total. The number of thioether (sulfide) groups is 1. The van der Waals surface area contributed by atoms with Crippen molar-refractivity contribution >= 4 is 35.2 Å². The average molecular weight is 582 g/mol. The van der Waals surface area contributed by atoms with Crippen molar-refractivity contribution in [2.45, 2.75) is 68.4 Å². The van der Waals surface area contributed by atoms with Gasteiger partial charge in [0, 0.05) is 43.7 Å². The number of anilines is 1. The fraction of sp³-hybridized carbons (Fsp3) is 0.594. The monoisotopic (exact) mass is 581 g/mol. The normalized spacial score (nSPS) is 29.0. The van der Waals surface area contributed by atoms with Crippen molar-refractivity contribution in [2.75, 3.05) is 44.3 Å². The van der Waals surface area contributed by atoms with Crippen LogP contribution in [0, 0.1) is 11.8 Å². The van der Waals surface area contributed by atoms with Gasteiger partial charge in [-0.25, -0.2) is 0 Å². The van der Waals surface area contributed by atoms with Gasteiger partial charge < -0.3 is 24.5 Å². The number of unbranched alkanes of at least 4 members (excludes halogenated alkanes) is 4. The van der Waals surface area contributed by atoms with Crippen LogP contribution in [-0.2, 0) is 14.4 Å². The van der Waals surface area contributed by atoms with E-state index < -0.39 is 22.6 Å². The Morgan fingerprint density at radius 1 is 0.927 bits per heavy atom. The Labute approximate surface area is 247 Å². The number of benzene rings is 1. The number of fused-ring (bicyclic) bond motifs is 2. The topological polar surface area (TPSA) is 90.4 Å². The second-order valence-electron chi connectivity index (χ2n) is 11.4. The maximum Gasteiger partial charge on any atom is 0.247 e. The molecule has 1 spiro atoms. The van der Waals surface area contributed by atoms with Crippen molar-refractivity contribution in [3.05, 3.63) is 48.6 Å². The predicted octanol–water partition coefficient (Wildman–Crippen LogP) is 4.04. The molecule has 9 heteroatoms. The lowest BCUT2D eigenvalue weighted by Gasteiger charge is -2.35. The fourth-order valence-corrected chi connectivity index (χ4v) is 8.88. The molecule has 222 valence electrons. The van der Waals surface area contributed by atoms with Gasteiger partial charge in [0.1, 0.15) is 11.8 Å². The van der Waals surface area contributed by atoms with Gasteiger partial charge in [0.2, 0.25) is 17.7 Å². The number of nitrogens with zero attached hydrogens (tertiary/aromatic N) is 3. The van der Waals surface area contributed by atoms with Crippen molar-refractivity contribution in [1.82, 2.24) is 9.80 Å². The fourth-order valence-electron chi connectivity index (χ4n) is 6.87. The van der Waals surface area contributed by atoms with E-state index in [-0.39, 0.29) is 29.6 Å². The van der Waals surface area contributed by atoms with Crippen LogP contribution in [0.25, 0.3) is 0 Å². The molecule has 5 rings (SSSR count). The molecule has 41 heavy (non-hydrogen) atoms. The minimum Gasteiger partial charge on any atom is -0.494 e. The standard InChI is InChI=1S/C32H43N3O5S/c1-3-5-7-18-33-19-11-17-32-27(30(38)35(28(32)31(33)39)20-8-6-9-22-36)26-25(41-32)12-10-21-34(29(26)37)23-13-15-24(16-14-23)40-4-2/h10-17,25-28,36H,3-9,18-22H2,1-2H3/t25-,26+,27+,28?,32+/m1/s1. The first-order chi connectivity index (χ1) is 20.0. The molecular weight excluding hydrogens is 538 g/mol. The highest BCUT2D eigenvalue weighted by Gasteiger charge is 2.70. The van der Waals surface area contributed by atoms with Crippen LogP contribution in [0.4, 0.5) is 5.69 Å². The van der Waals surface area contributed by atoms with Crippen LogP contribution in [0.1, 0.15) is 52.4 Å². The van der Waals surface area contributed by atoms with Gasteiger partial charge in [0.25, 0.3) is 0 Å². The molecule has 1 unspecified atom stereocenters. The average Bonchev–Trinajstić information content (AvgIpc) is 3.28. The molecule has 0 aliphatic carbocycles. The second-order valence-corrected chi connectivity index (χ2v) is 12.8. The minimum absolute atomic E-state index is 0.00660. The third kappa shape index (κ3) is 5.55. The first-order valence-corrected chi connectivity index (χ1v) is 16.1. The maximum absolute atomic E-state index is 14.4. The molecule has 4 aliphatic rings. The van der Waals surface area contributed by atoms with Gasteiger partial charge in [-0.05, 0) is 56.9 Å². The van der Waals surface area contributed by atoms with Gasteiger partial charge in [0.15, 0.2) is 0 Å². The van der Waals surface area contributed by atoms with Crippen LogP contribution in [0.15, 0.2) is 48.6 Å². The first kappa shape index (κ1) is 29.7. The smallest absolute Gasteiger partial charge is 0.247 e. The summed E-state index contributed by atoms with van der Waals surface area (Å²) in [6.45, 7) is 6.84. The third-order valence-corrected chi connectivity index (χ3v) is 10.5. The van der Waals surface area contributed by atoms with Gasteiger partial charge in [0.05, 0.1) is 23.2 Å². The summed E-state index contributed by atoms with van der Waals surface area (Å²) in [4.78, 5) is 48.4. The molecule has 1 aromatic rings. The van der Waals surface area contributed by atoms with Gasteiger partial charge in [-0.15, -0.1) is 11.8 Å². The van der Waals surface area contributed by atoms with Gasteiger partial charge in [-0.3, -0.25) is 14.4 Å². The molecule has 2 fully saturated rings. The highest BCUT2D eigenvalue weighted by Crippen LogP contribution is 2.61. The summed E-state index contributed by atoms with van der Waals surface area (Å²) in [6, 6.07) is 6.89. The van der Waals surface area contributed by atoms with E-state index >= 15 is 0 Å². The van der Waals surface area contributed by atoms with Crippen LogP contribution in [0.2, 0.25) is 0 Å². The molecule has 5 atom stereocenters. The number of hydrogen-bond donors (Lipinski definition) is 1. The highest BCUT2D eigenvalue weighted by atomic mass is 32.2. The second kappa shape index (κ2) is 13.0. The summed E-state index contributed by atoms with van der Waals surface area (Å²) in [5, 5.41) is 9.09. The highest BCUT2D eigenvalue weighted by molar-refractivity contribution is 8.02. The van der Waals surface area contributed by atoms with Crippen LogP contribution >= 0.6 is 11.8 Å². The van der Waals surface area contributed by atoms with E-state index in [0.717, 1.165) is 37.1 Å². The van der Waals surface area contributed by atoms with E-state index in [1.807, 2.05) is 42.2 Å². The van der Waals surface area contributed by atoms with Crippen molar-refractivity contribution in [2.24, 2.45) is 11.8 Å². The Hall–Kier alpha value is -2.78. The molecular formula is C32H43N3O5S. The lowest BCUT2D eigenvalue weighted by atomic mass is 9.78. The Kier molecular flexibility index (Phi) is 9.44. The van der Waals surface area contributed by atoms with E-state index in [2.05, 4.69) is 25.2 Å². The largest absolute Gasteiger partial charge is 0.494 e. The molecule has 3 amide bonds. The van der Waals surface area contributed by atoms with Crippen molar-refractivity contribution in [1.29, 1.82) is 0 Å². The zero-order chi connectivity index (χ0) is 29.0. The number of likely N-dealkylation sites (tertiary alicyclic amines) is 1. The van der Waals surface area contributed by atoms with E-state index in [4.69, 9.17) is 4.74 Å². The summed E-state index contributed by atoms with van der Waals surface area (Å²) in [5.74, 6) is -0.602. The third-order valence-electron chi connectivity index (χ3n) is 8.79. The van der Waals surface area contributed by atoms with Crippen LogP contribution < -0.4 is 9.64 Å². The number of aliphatic hydroxyl groups excluding tert-OH is 1. The Balaban J connectivity index is 1.48. The van der Waals surface area contributed by atoms with Crippen molar-refractivity contribution in [3.63, 3.8) is 0 Å². The lowest BCUT2D eigenvalue weighted by Crippen LogP contribution is -2.53. The Bertz CT molecular complexity index is 1170. The van der Waals surface area contributed by atoms with Gasteiger partial charge in [-0.1, -0.05) is 44.1 Å². The minimum atomic E-state index is -0.790. The van der Waals surface area contributed by atoms with Gasteiger partial charge >= 0.3 is 0 Å². The van der Waals surface area contributed by atoms with Crippen molar-refractivity contribution in [3.8, 4) is 5.75 Å². The zero-order valence-corrected chi connectivity index (χ0v) is 25.1. The number of carbonyl (C=O) groups is 3. The molecule has 0 aromatic heterocycles. The van der Waals surface area contributed by atoms with Crippen LogP contribution in [0.3, 0.4) is 0 Å². The zero-order valence-electron chi connectivity index (χ0n) is 24.2. The maximum atomic E-state index is 14.4. The number of aliphatic hydroxyl groups is 1. The first-order valence-electron chi connectivity index (χ1n) is 15.2. The Morgan fingerprint density at radius 2 is 1.71 bits per heavy atom. The molecule has 1 N–H and O–H groups in total. The molecule has 4 heterocycles. The molecule has 4 aliphatic heterocycles. The summed E-state index contributed by atoms with van der Waals surface area (Å²) >= 11 is 1.63. The summed E-state index contributed by atoms with van der Waals surface area (Å²) in [6.07, 6.45) is 13.4. The number of amides is 3. The van der Waals surface area contributed by atoms with Crippen LogP contribution in [-0.4, -0.2) is 88.1 Å².